The van der Waals surface area contributed by atoms with Gasteiger partial charge in [-0.25, -0.2) is 4.79 Å². The van der Waals surface area contributed by atoms with E-state index in [1.807, 2.05) is 6.08 Å². The predicted molar refractivity (Wildman–Crippen MR) is 441 cm³/mol. The maximum Gasteiger partial charge on any atom is 0.364 e. The van der Waals surface area contributed by atoms with E-state index in [1.165, 1.54) is 89.8 Å². The van der Waals surface area contributed by atoms with Crippen molar-refractivity contribution in [2.45, 2.75) is 371 Å². The zero-order chi connectivity index (χ0) is 90.5. The lowest BCUT2D eigenvalue weighted by Gasteiger charge is -2.52. The average Bonchev–Trinajstić information content (AvgIpc) is 0.752. The van der Waals surface area contributed by atoms with Crippen molar-refractivity contribution in [2.24, 2.45) is 0 Å². The molecule has 0 saturated carbocycles. The summed E-state index contributed by atoms with van der Waals surface area (Å²) in [5.41, 5.74) is 1.33. The number of aryl methyl sites for hydroxylation is 1. The molecule has 10 rings (SSSR count). The molecule has 0 radical (unpaired) electrons. The minimum atomic E-state index is -3.28. The number of carbonyl (C=O) groups is 4. The minimum Gasteiger partial charge on any atom is -0.477 e. The standard InChI is InChI=1S/C87H133N3O35/c1-5-6-7-8-9-10-11-12-13-14-17-20-23-29-53(98)52(90-60(101)30-24-21-18-15-16-19-22-26-47-31-32-50-34-33-48-27-25-28-49-35-36-51(47)62(50)61(48)49)43-114-82-72(109)70(107)75(58(41-94)119-82)120-84-73(110)79(67(104)56(39-92)116-84)123-81-64(89-46(4)97)78(122-83-71(108)69(106)65(102)44(2)115-83)76(59(42-95)118-81)121-85-74(111)80(68(105)57(40-93)117-85)125-87(86(112)113)37-54(99)63(88-45(3)96)77(124-87)66(103)55(100)38-91/h23,25,27-29,31-36,44,52-59,63-85,91-95,98-100,102-111H,5-22,24,26,30,37-43H2,1-4H3,(H,88,96)(H,89,97)(H,90,101)(H,112,113)/b29-23+/t44-,52-,53+,54-,55+,56+,57+,58+,59+,63+,64+,65+,66+,67-,68-,69+,70+,71-,72+,73+,74+,75+,76+,77+,78+,79-,80-,81-,82+,83-,84-,85-,87-/m0/s1. The molecule has 6 aliphatic heterocycles. The third kappa shape index (κ3) is 25.6. The lowest BCUT2D eigenvalue weighted by Crippen LogP contribution is -2.72. The highest BCUT2D eigenvalue weighted by Gasteiger charge is 2.62. The van der Waals surface area contributed by atoms with E-state index >= 15 is 0 Å². The average molecular weight is 1780 g/mol. The quantitative estimate of drug-likeness (QED) is 0.0140. The number of allylic oxidation sites excluding steroid dienone is 1. The van der Waals surface area contributed by atoms with Gasteiger partial charge in [0.2, 0.25) is 17.7 Å². The molecule has 0 bridgehead atoms. The molecule has 706 valence electrons. The normalized spacial score (nSPS) is 35.2. The molecule has 4 aromatic carbocycles. The van der Waals surface area contributed by atoms with Crippen molar-refractivity contribution in [3.63, 3.8) is 0 Å². The van der Waals surface area contributed by atoms with Crippen LogP contribution in [0.3, 0.4) is 0 Å². The summed E-state index contributed by atoms with van der Waals surface area (Å²) in [7, 11) is 0. The van der Waals surface area contributed by atoms with Gasteiger partial charge in [0.05, 0.1) is 70.0 Å². The Morgan fingerprint density at radius 2 is 1.00 bits per heavy atom. The molecule has 6 fully saturated rings. The molecule has 6 heterocycles. The summed E-state index contributed by atoms with van der Waals surface area (Å²) in [5.74, 6) is -7.60. The number of benzene rings is 4. The molecule has 6 aliphatic rings. The lowest BCUT2D eigenvalue weighted by molar-refractivity contribution is -0.399. The Morgan fingerprint density at radius 3 is 1.60 bits per heavy atom. The van der Waals surface area contributed by atoms with Crippen LogP contribution < -0.4 is 16.0 Å². The van der Waals surface area contributed by atoms with Crippen molar-refractivity contribution in [1.29, 1.82) is 0 Å². The fourth-order valence-electron chi connectivity index (χ4n) is 17.6. The Balaban J connectivity index is 0.806. The number of carbonyl (C=O) groups excluding carboxylic acids is 3. The molecule has 0 unspecified atom stereocenters. The highest BCUT2D eigenvalue weighted by molar-refractivity contribution is 6.23. The third-order valence-electron chi connectivity index (χ3n) is 24.6. The van der Waals surface area contributed by atoms with Gasteiger partial charge >= 0.3 is 5.97 Å². The Kier molecular flexibility index (Phi) is 39.3. The van der Waals surface area contributed by atoms with Gasteiger partial charge < -0.3 is 170 Å². The van der Waals surface area contributed by atoms with Gasteiger partial charge in [-0.3, -0.25) is 14.4 Å². The highest BCUT2D eigenvalue weighted by atomic mass is 16.8. The molecule has 0 aliphatic carbocycles. The summed E-state index contributed by atoms with van der Waals surface area (Å²) < 4.78 is 72.4. The maximum absolute atomic E-state index is 13.8. The van der Waals surface area contributed by atoms with E-state index in [0.29, 0.717) is 12.8 Å². The van der Waals surface area contributed by atoms with Crippen LogP contribution in [-0.2, 0) is 82.4 Å². The Labute approximate surface area is 724 Å². The van der Waals surface area contributed by atoms with Crippen LogP contribution in [0.2, 0.25) is 0 Å². The second-order valence-electron chi connectivity index (χ2n) is 33.9. The summed E-state index contributed by atoms with van der Waals surface area (Å²) in [6, 6.07) is 14.8. The number of nitrogens with one attached hydrogen (secondary N) is 3. The van der Waals surface area contributed by atoms with Gasteiger partial charge in [0.15, 0.2) is 31.5 Å². The summed E-state index contributed by atoms with van der Waals surface area (Å²) in [5, 5.41) is 229. The zero-order valence-electron chi connectivity index (χ0n) is 71.2. The van der Waals surface area contributed by atoms with E-state index in [0.717, 1.165) is 84.5 Å². The maximum atomic E-state index is 13.8. The van der Waals surface area contributed by atoms with E-state index in [2.05, 4.69) is 77.5 Å². The number of hydrogen-bond donors (Lipinski definition) is 22. The molecule has 0 aromatic heterocycles. The molecule has 3 amide bonds. The second-order valence-corrected chi connectivity index (χ2v) is 33.9. The lowest BCUT2D eigenvalue weighted by atomic mass is 9.88. The predicted octanol–water partition coefficient (Wildman–Crippen LogP) is -1.19. The van der Waals surface area contributed by atoms with Gasteiger partial charge in [-0.15, -0.1) is 0 Å². The molecular formula is C87H133N3O35. The topological polar surface area (TPSA) is 600 Å². The Morgan fingerprint density at radius 1 is 0.504 bits per heavy atom. The van der Waals surface area contributed by atoms with E-state index in [1.54, 1.807) is 6.08 Å². The fourth-order valence-corrected chi connectivity index (χ4v) is 17.6. The molecule has 38 nitrogen and oxygen atoms in total. The number of amides is 3. The number of rotatable bonds is 48. The van der Waals surface area contributed by atoms with Crippen LogP contribution in [-0.4, -0.2) is 362 Å². The minimum absolute atomic E-state index is 0.120. The first kappa shape index (κ1) is 101. The molecule has 38 heteroatoms. The van der Waals surface area contributed by atoms with Crippen molar-refractivity contribution in [2.75, 3.05) is 39.6 Å². The first-order valence-corrected chi connectivity index (χ1v) is 44.1. The number of aliphatic hydroxyl groups excluding tert-OH is 18. The number of aliphatic hydroxyl groups is 18. The van der Waals surface area contributed by atoms with Gasteiger partial charge in [0.25, 0.3) is 5.79 Å². The van der Waals surface area contributed by atoms with Crippen LogP contribution in [0.1, 0.15) is 168 Å². The van der Waals surface area contributed by atoms with Crippen molar-refractivity contribution >= 4 is 56.0 Å². The number of hydrogen-bond acceptors (Lipinski definition) is 34. The molecule has 6 saturated heterocycles. The van der Waals surface area contributed by atoms with Crippen molar-refractivity contribution in [1.82, 2.24) is 16.0 Å². The van der Waals surface area contributed by atoms with E-state index < -0.39 is 266 Å². The van der Waals surface area contributed by atoms with Crippen LogP contribution in [0.15, 0.2) is 66.7 Å². The molecular weight excluding hydrogens is 1650 g/mol. The van der Waals surface area contributed by atoms with Gasteiger partial charge in [-0.1, -0.05) is 170 Å². The summed E-state index contributed by atoms with van der Waals surface area (Å²) in [4.78, 5) is 53.0. The zero-order valence-corrected chi connectivity index (χ0v) is 71.2. The number of carboxylic acid groups (broad SMARTS) is 1. The van der Waals surface area contributed by atoms with Gasteiger partial charge in [-0.05, 0) is 76.9 Å². The molecule has 4 aromatic rings. The number of unbranched alkanes of at least 4 members (excludes halogenated alkanes) is 17. The Hall–Kier alpha value is -5.66. The first-order chi connectivity index (χ1) is 59.9. The summed E-state index contributed by atoms with van der Waals surface area (Å²) >= 11 is 0. The first-order valence-electron chi connectivity index (χ1n) is 44.1. The molecule has 125 heavy (non-hydrogen) atoms. The second kappa shape index (κ2) is 48.5. The van der Waals surface area contributed by atoms with Crippen LogP contribution in [0.25, 0.3) is 32.3 Å². The largest absolute Gasteiger partial charge is 0.477 e. The SMILES string of the molecule is CCCCCCCCCCCCC/C=C/[C@@H](O)[C@H](CO[C@@H]1O[C@H](CO)[C@@H](O[C@@H]2O[C@H](CO)[C@H](O)[C@H](O[C@@H]3O[C@H](CO)[C@@H](O[C@@H]4O[C@H](CO)[C@H](O)[C@H](O[C@]5(C(=O)O)C[C@H](O)[C@@H](NC(C)=O)[C@H]([C@H](O)[C@H](O)CO)O5)[C@H]4O)[C@H](O[C@@H]4O[C@@H](C)[C@@H](O)[C@@H](O)[C@@H]4O)[C@H]3NC(C)=O)[C@H]2O)[C@H](O)[C@H]1O)NC(=O)CCCCCCCCCc1ccc2ccc3cccc4ccc1c2c34. The van der Waals surface area contributed by atoms with Gasteiger partial charge in [0.1, 0.15) is 134 Å². The van der Waals surface area contributed by atoms with Crippen LogP contribution in [0.4, 0.5) is 0 Å². The summed E-state index contributed by atoms with van der Waals surface area (Å²) in [6.45, 7) is -0.771. The highest BCUT2D eigenvalue weighted by Crippen LogP contribution is 2.43. The van der Waals surface area contributed by atoms with Crippen LogP contribution in [0, 0.1) is 0 Å². The monoisotopic (exact) mass is 1780 g/mol. The van der Waals surface area contributed by atoms with Gasteiger partial charge in [-0.2, -0.15) is 0 Å². The smallest absolute Gasteiger partial charge is 0.364 e. The third-order valence-corrected chi connectivity index (χ3v) is 24.6. The summed E-state index contributed by atoms with van der Waals surface area (Å²) in [6.07, 6.45) is -36.5. The number of ether oxygens (including phenoxy) is 12. The van der Waals surface area contributed by atoms with Crippen LogP contribution >= 0.6 is 0 Å². The fraction of sp³-hybridized carbons (Fsp3) is 0.747. The molecule has 0 spiro atoms. The van der Waals surface area contributed by atoms with Crippen LogP contribution in [0.5, 0.6) is 0 Å². The van der Waals surface area contributed by atoms with E-state index in [-0.39, 0.29) is 12.3 Å². The van der Waals surface area contributed by atoms with Crippen molar-refractivity contribution in [3.05, 3.63) is 72.3 Å². The Bertz CT molecular complexity index is 3950. The van der Waals surface area contributed by atoms with E-state index in [9.17, 15) is 116 Å². The van der Waals surface area contributed by atoms with Crippen molar-refractivity contribution < 1.29 is 173 Å². The molecule has 22 N–H and O–H groups in total. The molecule has 33 atom stereocenters. The number of carboxylic acids is 1. The van der Waals surface area contributed by atoms with Gasteiger partial charge in [0, 0.05) is 26.7 Å². The van der Waals surface area contributed by atoms with Crippen molar-refractivity contribution in [3.8, 4) is 0 Å². The number of aliphatic carboxylic acids is 1. The van der Waals surface area contributed by atoms with E-state index in [4.69, 9.17) is 56.8 Å².